The minimum atomic E-state index is -4.79. The van der Waals surface area contributed by atoms with E-state index in [2.05, 4.69) is 20.7 Å². The van der Waals surface area contributed by atoms with Crippen molar-refractivity contribution in [2.45, 2.75) is 30.6 Å². The number of alkyl halides is 4. The van der Waals surface area contributed by atoms with Gasteiger partial charge in [0.1, 0.15) is 5.75 Å². The molecule has 1 aliphatic heterocycles. The van der Waals surface area contributed by atoms with Crippen molar-refractivity contribution >= 4 is 26.0 Å². The molecule has 2 rings (SSSR count). The maximum atomic E-state index is 12.2. The Balaban J connectivity index is 2.19. The summed E-state index contributed by atoms with van der Waals surface area (Å²) in [4.78, 5) is 0.0517. The highest BCUT2D eigenvalue weighted by Crippen LogP contribution is 2.34. The number of benzene rings is 1. The molecule has 0 bridgehead atoms. The Morgan fingerprint density at radius 3 is 2.62 bits per heavy atom. The fraction of sp³-hybridized carbons (Fsp3) is 0.500. The summed E-state index contributed by atoms with van der Waals surface area (Å²) in [5, 5.41) is 0.775. The minimum absolute atomic E-state index is 0.0517. The number of hydrogen-bond donors (Lipinski definition) is 0. The zero-order chi connectivity index (χ0) is 15.7. The summed E-state index contributed by atoms with van der Waals surface area (Å²) in [6, 6.07) is 3.31. The van der Waals surface area contributed by atoms with Gasteiger partial charge in [-0.25, -0.2) is 8.42 Å². The van der Waals surface area contributed by atoms with Gasteiger partial charge in [0.05, 0.1) is 4.90 Å². The summed E-state index contributed by atoms with van der Waals surface area (Å²) in [7, 11) is -3.61. The van der Waals surface area contributed by atoms with Crippen molar-refractivity contribution in [2.24, 2.45) is 0 Å². The molecular weight excluding hydrogens is 375 g/mol. The lowest BCUT2D eigenvalue weighted by Crippen LogP contribution is -2.25. The van der Waals surface area contributed by atoms with Crippen molar-refractivity contribution in [1.29, 1.82) is 0 Å². The molecule has 9 heteroatoms. The normalized spacial score (nSPS) is 17.7. The van der Waals surface area contributed by atoms with Crippen LogP contribution in [0.5, 0.6) is 5.75 Å². The molecule has 0 spiro atoms. The monoisotopic (exact) mass is 387 g/mol. The largest absolute Gasteiger partial charge is 0.573 e. The van der Waals surface area contributed by atoms with E-state index in [1.165, 1.54) is 4.31 Å². The number of nitrogens with zero attached hydrogens (tertiary/aromatic N) is 1. The van der Waals surface area contributed by atoms with Gasteiger partial charge in [-0.3, -0.25) is 0 Å². The van der Waals surface area contributed by atoms with Crippen LogP contribution in [-0.2, 0) is 16.6 Å². The number of fused-ring (bicyclic) bond motifs is 1. The first kappa shape index (κ1) is 16.6. The van der Waals surface area contributed by atoms with Crippen molar-refractivity contribution in [1.82, 2.24) is 4.31 Å². The van der Waals surface area contributed by atoms with Crippen LogP contribution in [0.4, 0.5) is 13.2 Å². The number of hydrogen-bond acceptors (Lipinski definition) is 3. The predicted molar refractivity (Wildman–Crippen MR) is 73.7 cm³/mol. The summed E-state index contributed by atoms with van der Waals surface area (Å²) in [5.74, 6) is -0.404. The maximum Gasteiger partial charge on any atom is 0.573 e. The smallest absolute Gasteiger partial charge is 0.406 e. The highest BCUT2D eigenvalue weighted by atomic mass is 79.9. The van der Waals surface area contributed by atoms with Crippen LogP contribution < -0.4 is 4.74 Å². The molecule has 1 aromatic carbocycles. The second kappa shape index (κ2) is 6.13. The van der Waals surface area contributed by atoms with E-state index in [0.717, 1.165) is 30.0 Å². The second-order valence-corrected chi connectivity index (χ2v) is 7.25. The molecule has 0 radical (unpaired) electrons. The molecular formula is C12H13BrF3NO3S. The lowest BCUT2D eigenvalue weighted by atomic mass is 10.2. The summed E-state index contributed by atoms with van der Waals surface area (Å²) < 4.78 is 66.1. The fourth-order valence-electron chi connectivity index (χ4n) is 2.12. The first-order valence-corrected chi connectivity index (χ1v) is 8.75. The van der Waals surface area contributed by atoms with Gasteiger partial charge in [-0.15, -0.1) is 13.2 Å². The Morgan fingerprint density at radius 1 is 1.29 bits per heavy atom. The zero-order valence-corrected chi connectivity index (χ0v) is 13.3. The molecule has 0 atom stereocenters. The van der Waals surface area contributed by atoms with Gasteiger partial charge in [-0.05, 0) is 36.6 Å². The van der Waals surface area contributed by atoms with Gasteiger partial charge in [0.25, 0.3) is 0 Å². The SMILES string of the molecule is O=S1(=O)c2ccc(OC(F)(F)F)cc2CN1CCCCBr. The van der Waals surface area contributed by atoms with E-state index < -0.39 is 22.1 Å². The van der Waals surface area contributed by atoms with E-state index in [1.54, 1.807) is 0 Å². The van der Waals surface area contributed by atoms with Gasteiger partial charge >= 0.3 is 6.36 Å². The lowest BCUT2D eigenvalue weighted by Gasteiger charge is -2.13. The fourth-order valence-corrected chi connectivity index (χ4v) is 4.17. The molecule has 0 saturated heterocycles. The quantitative estimate of drug-likeness (QED) is 0.575. The van der Waals surface area contributed by atoms with Crippen molar-refractivity contribution in [2.75, 3.05) is 11.9 Å². The van der Waals surface area contributed by atoms with E-state index >= 15 is 0 Å². The van der Waals surface area contributed by atoms with Crippen LogP contribution in [-0.4, -0.2) is 31.0 Å². The summed E-state index contributed by atoms with van der Waals surface area (Å²) in [5.41, 5.74) is 0.329. The first-order valence-electron chi connectivity index (χ1n) is 6.19. The van der Waals surface area contributed by atoms with E-state index in [9.17, 15) is 21.6 Å². The highest BCUT2D eigenvalue weighted by Gasteiger charge is 2.36. The molecule has 1 heterocycles. The third-order valence-electron chi connectivity index (χ3n) is 3.02. The average Bonchev–Trinajstić information content (AvgIpc) is 2.59. The second-order valence-electron chi connectivity index (χ2n) is 4.55. The lowest BCUT2D eigenvalue weighted by molar-refractivity contribution is -0.274. The van der Waals surface area contributed by atoms with Crippen molar-refractivity contribution in [3.63, 3.8) is 0 Å². The van der Waals surface area contributed by atoms with Crippen LogP contribution in [0, 0.1) is 0 Å². The van der Waals surface area contributed by atoms with Crippen LogP contribution in [0.3, 0.4) is 0 Å². The van der Waals surface area contributed by atoms with Crippen LogP contribution in [0.25, 0.3) is 0 Å². The predicted octanol–water partition coefficient (Wildman–Crippen LogP) is 3.26. The zero-order valence-electron chi connectivity index (χ0n) is 10.9. The third kappa shape index (κ3) is 3.89. The summed E-state index contributed by atoms with van der Waals surface area (Å²) in [6.07, 6.45) is -3.28. The van der Waals surface area contributed by atoms with E-state index in [0.29, 0.717) is 18.5 Å². The Morgan fingerprint density at radius 2 is 2.00 bits per heavy atom. The van der Waals surface area contributed by atoms with E-state index in [1.807, 2.05) is 0 Å². The molecule has 21 heavy (non-hydrogen) atoms. The molecule has 0 N–H and O–H groups in total. The molecule has 0 aromatic heterocycles. The number of halogens is 4. The van der Waals surface area contributed by atoms with Gasteiger partial charge in [-0.1, -0.05) is 15.9 Å². The van der Waals surface area contributed by atoms with Crippen molar-refractivity contribution in [3.05, 3.63) is 23.8 Å². The molecule has 0 aliphatic carbocycles. The summed E-state index contributed by atoms with van der Waals surface area (Å²) in [6.45, 7) is 0.424. The molecule has 0 unspecified atom stereocenters. The molecule has 0 fully saturated rings. The molecule has 1 aromatic rings. The average molecular weight is 388 g/mol. The van der Waals surface area contributed by atoms with Crippen molar-refractivity contribution < 1.29 is 26.3 Å². The third-order valence-corrected chi connectivity index (χ3v) is 5.53. The molecule has 1 aliphatic rings. The highest BCUT2D eigenvalue weighted by molar-refractivity contribution is 9.09. The summed E-state index contributed by atoms with van der Waals surface area (Å²) >= 11 is 3.26. The Bertz CT molecular complexity index is 619. The van der Waals surface area contributed by atoms with Gasteiger partial charge in [-0.2, -0.15) is 4.31 Å². The van der Waals surface area contributed by atoms with Crippen LogP contribution >= 0.6 is 15.9 Å². The Labute approximate surface area is 129 Å². The molecule has 0 saturated carbocycles. The Kier molecular flexibility index (Phi) is 4.84. The van der Waals surface area contributed by atoms with Gasteiger partial charge < -0.3 is 4.74 Å². The molecule has 0 amide bonds. The number of rotatable bonds is 5. The topological polar surface area (TPSA) is 46.6 Å². The van der Waals surface area contributed by atoms with Gasteiger partial charge in [0.2, 0.25) is 10.0 Å². The van der Waals surface area contributed by atoms with Crippen LogP contribution in [0.1, 0.15) is 18.4 Å². The van der Waals surface area contributed by atoms with Crippen molar-refractivity contribution in [3.8, 4) is 5.75 Å². The molecule has 4 nitrogen and oxygen atoms in total. The maximum absolute atomic E-state index is 12.2. The number of unbranched alkanes of at least 4 members (excludes halogenated alkanes) is 1. The number of ether oxygens (including phenoxy) is 1. The van der Waals surface area contributed by atoms with Crippen LogP contribution in [0.15, 0.2) is 23.1 Å². The Hall–Kier alpha value is -0.800. The molecule has 118 valence electrons. The van der Waals surface area contributed by atoms with Gasteiger partial charge in [0.15, 0.2) is 0 Å². The van der Waals surface area contributed by atoms with Crippen LogP contribution in [0.2, 0.25) is 0 Å². The van der Waals surface area contributed by atoms with E-state index in [-0.39, 0.29) is 11.4 Å². The standard InChI is InChI=1S/C12H13BrF3NO3S/c13-5-1-2-6-17-8-9-7-10(20-12(14,15)16)3-4-11(9)21(17,18)19/h3-4,7H,1-2,5-6,8H2. The minimum Gasteiger partial charge on any atom is -0.406 e. The first-order chi connectivity index (χ1) is 9.74. The number of sulfonamides is 1. The van der Waals surface area contributed by atoms with Gasteiger partial charge in [0, 0.05) is 18.4 Å². The van der Waals surface area contributed by atoms with E-state index in [4.69, 9.17) is 0 Å².